The molecule has 0 saturated carbocycles. The van der Waals surface area contributed by atoms with Crippen molar-refractivity contribution in [2.45, 2.75) is 13.0 Å². The first-order chi connectivity index (χ1) is 12.4. The molecule has 1 heterocycles. The van der Waals surface area contributed by atoms with Gasteiger partial charge in [-0.1, -0.05) is 18.2 Å². The second kappa shape index (κ2) is 7.06. The molecule has 1 aromatic heterocycles. The van der Waals surface area contributed by atoms with E-state index in [-0.39, 0.29) is 29.1 Å². The van der Waals surface area contributed by atoms with Gasteiger partial charge in [-0.15, -0.1) is 0 Å². The van der Waals surface area contributed by atoms with E-state index in [9.17, 15) is 20.0 Å². The summed E-state index contributed by atoms with van der Waals surface area (Å²) in [7, 11) is 0. The van der Waals surface area contributed by atoms with E-state index >= 15 is 0 Å². The Balaban J connectivity index is 1.76. The van der Waals surface area contributed by atoms with Crippen LogP contribution in [0.15, 0.2) is 60.8 Å². The van der Waals surface area contributed by atoms with Gasteiger partial charge < -0.3 is 10.4 Å². The monoisotopic (exact) mass is 352 g/mol. The molecule has 1 unspecified atom stereocenters. The quantitative estimate of drug-likeness (QED) is 0.542. The van der Waals surface area contributed by atoms with Crippen LogP contribution >= 0.6 is 0 Å². The number of hydrogen-bond donors (Lipinski definition) is 2. The van der Waals surface area contributed by atoms with Gasteiger partial charge in [0, 0.05) is 18.3 Å². The average molecular weight is 352 g/mol. The van der Waals surface area contributed by atoms with Gasteiger partial charge in [0.25, 0.3) is 11.6 Å². The number of benzene rings is 2. The van der Waals surface area contributed by atoms with Crippen molar-refractivity contribution in [3.63, 3.8) is 0 Å². The van der Waals surface area contributed by atoms with Gasteiger partial charge in [-0.3, -0.25) is 14.9 Å². The predicted molar refractivity (Wildman–Crippen MR) is 94.2 cm³/mol. The zero-order valence-electron chi connectivity index (χ0n) is 13.9. The van der Waals surface area contributed by atoms with E-state index in [0.717, 1.165) is 5.56 Å². The standard InChI is InChI=1S/C18H16N4O4/c1-12(13-4-2-7-16(23)10-13)19-18(24)17-8-9-21(20-17)14-5-3-6-15(11-14)22(25)26/h2-12,23H,1H3,(H,19,24). The largest absolute Gasteiger partial charge is 0.508 e. The van der Waals surface area contributed by atoms with Crippen molar-refractivity contribution in [3.05, 3.63) is 82.2 Å². The van der Waals surface area contributed by atoms with Crippen LogP contribution < -0.4 is 5.32 Å². The highest BCUT2D eigenvalue weighted by Crippen LogP contribution is 2.19. The molecule has 0 aliphatic rings. The first kappa shape index (κ1) is 17.2. The number of nitrogens with zero attached hydrogens (tertiary/aromatic N) is 3. The molecule has 0 fully saturated rings. The number of aromatic hydroxyl groups is 1. The van der Waals surface area contributed by atoms with E-state index in [1.54, 1.807) is 49.5 Å². The predicted octanol–water partition coefficient (Wildman–Crippen LogP) is 2.98. The van der Waals surface area contributed by atoms with Crippen LogP contribution in [0.2, 0.25) is 0 Å². The molecule has 26 heavy (non-hydrogen) atoms. The van der Waals surface area contributed by atoms with Crippen molar-refractivity contribution in [2.24, 2.45) is 0 Å². The number of carbonyl (C=O) groups excluding carboxylic acids is 1. The first-order valence-electron chi connectivity index (χ1n) is 7.84. The number of non-ortho nitro benzene ring substituents is 1. The first-order valence-corrected chi connectivity index (χ1v) is 7.84. The molecule has 3 rings (SSSR count). The summed E-state index contributed by atoms with van der Waals surface area (Å²) < 4.78 is 1.40. The molecule has 0 bridgehead atoms. The lowest BCUT2D eigenvalue weighted by molar-refractivity contribution is -0.384. The van der Waals surface area contributed by atoms with Crippen LogP contribution in [0.4, 0.5) is 5.69 Å². The minimum Gasteiger partial charge on any atom is -0.508 e. The van der Waals surface area contributed by atoms with E-state index in [0.29, 0.717) is 5.69 Å². The van der Waals surface area contributed by atoms with Gasteiger partial charge in [-0.2, -0.15) is 5.10 Å². The molecule has 2 aromatic carbocycles. The molecule has 132 valence electrons. The zero-order valence-corrected chi connectivity index (χ0v) is 13.9. The third-order valence-electron chi connectivity index (χ3n) is 3.84. The summed E-state index contributed by atoms with van der Waals surface area (Å²) in [4.78, 5) is 22.8. The summed E-state index contributed by atoms with van der Waals surface area (Å²) in [6, 6.07) is 13.8. The highest BCUT2D eigenvalue weighted by Gasteiger charge is 2.15. The molecule has 3 aromatic rings. The number of phenolic OH excluding ortho intramolecular Hbond substituents is 1. The fourth-order valence-corrected chi connectivity index (χ4v) is 2.49. The normalized spacial score (nSPS) is 11.7. The van der Waals surface area contributed by atoms with Gasteiger partial charge in [0.1, 0.15) is 5.75 Å². The smallest absolute Gasteiger partial charge is 0.272 e. The van der Waals surface area contributed by atoms with Crippen LogP contribution in [0.5, 0.6) is 5.75 Å². The molecule has 1 amide bonds. The summed E-state index contributed by atoms with van der Waals surface area (Å²) in [5.74, 6) is -0.261. The molecule has 0 aliphatic heterocycles. The number of amides is 1. The highest BCUT2D eigenvalue weighted by molar-refractivity contribution is 5.92. The van der Waals surface area contributed by atoms with Gasteiger partial charge in [-0.05, 0) is 36.8 Å². The number of rotatable bonds is 5. The Labute approximate surface area is 148 Å². The molecule has 8 heteroatoms. The van der Waals surface area contributed by atoms with Crippen LogP contribution in [-0.4, -0.2) is 25.7 Å². The van der Waals surface area contributed by atoms with Crippen molar-refractivity contribution < 1.29 is 14.8 Å². The zero-order chi connectivity index (χ0) is 18.7. The lowest BCUT2D eigenvalue weighted by Crippen LogP contribution is -2.27. The lowest BCUT2D eigenvalue weighted by Gasteiger charge is -2.13. The van der Waals surface area contributed by atoms with E-state index < -0.39 is 4.92 Å². The minimum atomic E-state index is -0.489. The molecular weight excluding hydrogens is 336 g/mol. The van der Waals surface area contributed by atoms with Gasteiger partial charge in [-0.25, -0.2) is 4.68 Å². The Morgan fingerprint density at radius 1 is 1.23 bits per heavy atom. The molecule has 0 saturated heterocycles. The van der Waals surface area contributed by atoms with Crippen LogP contribution in [-0.2, 0) is 0 Å². The summed E-state index contributed by atoms with van der Waals surface area (Å²) in [6.07, 6.45) is 1.56. The number of nitro groups is 1. The topological polar surface area (TPSA) is 110 Å². The number of aromatic nitrogens is 2. The SMILES string of the molecule is CC(NC(=O)c1ccn(-c2cccc([N+](=O)[O-])c2)n1)c1cccc(O)c1. The van der Waals surface area contributed by atoms with Crippen molar-refractivity contribution in [1.29, 1.82) is 0 Å². The Hall–Kier alpha value is -3.68. The molecular formula is C18H16N4O4. The maximum absolute atomic E-state index is 12.4. The number of hydrogen-bond acceptors (Lipinski definition) is 5. The van der Waals surface area contributed by atoms with E-state index in [4.69, 9.17) is 0 Å². The molecule has 8 nitrogen and oxygen atoms in total. The Kier molecular flexibility index (Phi) is 4.66. The van der Waals surface area contributed by atoms with Gasteiger partial charge in [0.15, 0.2) is 5.69 Å². The van der Waals surface area contributed by atoms with Crippen molar-refractivity contribution in [3.8, 4) is 11.4 Å². The third-order valence-corrected chi connectivity index (χ3v) is 3.84. The van der Waals surface area contributed by atoms with Crippen LogP contribution in [0.25, 0.3) is 5.69 Å². The summed E-state index contributed by atoms with van der Waals surface area (Å²) in [5, 5.41) is 27.4. The molecule has 0 radical (unpaired) electrons. The van der Waals surface area contributed by atoms with Crippen LogP contribution in [0, 0.1) is 10.1 Å². The number of phenols is 1. The Bertz CT molecular complexity index is 967. The van der Waals surface area contributed by atoms with E-state index in [1.165, 1.54) is 22.9 Å². The second-order valence-corrected chi connectivity index (χ2v) is 5.71. The number of carbonyl (C=O) groups is 1. The lowest BCUT2D eigenvalue weighted by atomic mass is 10.1. The van der Waals surface area contributed by atoms with Gasteiger partial charge in [0.2, 0.25) is 0 Å². The number of nitro benzene ring substituents is 1. The summed E-state index contributed by atoms with van der Waals surface area (Å²) in [6.45, 7) is 1.80. The maximum Gasteiger partial charge on any atom is 0.272 e. The highest BCUT2D eigenvalue weighted by atomic mass is 16.6. The molecule has 2 N–H and O–H groups in total. The van der Waals surface area contributed by atoms with Crippen molar-refractivity contribution >= 4 is 11.6 Å². The van der Waals surface area contributed by atoms with E-state index in [2.05, 4.69) is 10.4 Å². The molecule has 1 atom stereocenters. The van der Waals surface area contributed by atoms with Crippen LogP contribution in [0.3, 0.4) is 0 Å². The Morgan fingerprint density at radius 3 is 2.73 bits per heavy atom. The van der Waals surface area contributed by atoms with E-state index in [1.807, 2.05) is 0 Å². The van der Waals surface area contributed by atoms with Gasteiger partial charge >= 0.3 is 0 Å². The van der Waals surface area contributed by atoms with Gasteiger partial charge in [0.05, 0.1) is 16.7 Å². The second-order valence-electron chi connectivity index (χ2n) is 5.71. The average Bonchev–Trinajstić information content (AvgIpc) is 3.12. The maximum atomic E-state index is 12.4. The number of nitrogens with one attached hydrogen (secondary N) is 1. The van der Waals surface area contributed by atoms with Crippen molar-refractivity contribution in [1.82, 2.24) is 15.1 Å². The molecule has 0 aliphatic carbocycles. The summed E-state index contributed by atoms with van der Waals surface area (Å²) in [5.41, 5.74) is 1.38. The van der Waals surface area contributed by atoms with Crippen molar-refractivity contribution in [2.75, 3.05) is 0 Å². The minimum absolute atomic E-state index is 0.0542. The third kappa shape index (κ3) is 3.69. The molecule has 0 spiro atoms. The fraction of sp³-hybridized carbons (Fsp3) is 0.111. The fourth-order valence-electron chi connectivity index (χ4n) is 2.49. The van der Waals surface area contributed by atoms with Crippen LogP contribution in [0.1, 0.15) is 29.0 Å². The Morgan fingerprint density at radius 2 is 2.00 bits per heavy atom. The summed E-state index contributed by atoms with van der Waals surface area (Å²) >= 11 is 0.